The quantitative estimate of drug-likeness (QED) is 0.834. The molecular formula is C14H16N2OS. The number of aryl methyl sites for hydroxylation is 2. The second-order valence-corrected chi connectivity index (χ2v) is 5.30. The number of hydrogen-bond donors (Lipinski definition) is 2. The molecule has 94 valence electrons. The van der Waals surface area contributed by atoms with Crippen molar-refractivity contribution in [1.82, 2.24) is 5.32 Å². The Hall–Kier alpha value is -1.81. The van der Waals surface area contributed by atoms with Gasteiger partial charge in [0.2, 0.25) is 0 Å². The first kappa shape index (κ1) is 12.6. The molecule has 0 aliphatic heterocycles. The van der Waals surface area contributed by atoms with Crippen LogP contribution in [-0.2, 0) is 6.54 Å². The normalized spacial score (nSPS) is 10.3. The summed E-state index contributed by atoms with van der Waals surface area (Å²) in [6, 6.07) is 7.51. The van der Waals surface area contributed by atoms with Gasteiger partial charge >= 0.3 is 0 Å². The van der Waals surface area contributed by atoms with Crippen LogP contribution in [0.4, 0.5) is 5.69 Å². The van der Waals surface area contributed by atoms with Crippen molar-refractivity contribution in [3.8, 4) is 0 Å². The maximum atomic E-state index is 12.0. The van der Waals surface area contributed by atoms with E-state index in [0.29, 0.717) is 17.8 Å². The Kier molecular flexibility index (Phi) is 3.67. The fraction of sp³-hybridized carbons (Fsp3) is 0.214. The van der Waals surface area contributed by atoms with Crippen molar-refractivity contribution in [3.05, 3.63) is 51.2 Å². The van der Waals surface area contributed by atoms with Crippen LogP contribution in [0, 0.1) is 13.8 Å². The van der Waals surface area contributed by atoms with Crippen molar-refractivity contribution in [1.29, 1.82) is 0 Å². The SMILES string of the molecule is Cc1ccc(C(=O)NCc2sccc2C)c(N)c1. The number of anilines is 1. The number of benzene rings is 1. The second-order valence-electron chi connectivity index (χ2n) is 4.30. The number of rotatable bonds is 3. The second kappa shape index (κ2) is 5.23. The summed E-state index contributed by atoms with van der Waals surface area (Å²) in [6.07, 6.45) is 0. The number of thiophene rings is 1. The van der Waals surface area contributed by atoms with Gasteiger partial charge in [0.15, 0.2) is 0 Å². The molecule has 3 N–H and O–H groups in total. The van der Waals surface area contributed by atoms with Crippen LogP contribution < -0.4 is 11.1 Å². The molecule has 0 fully saturated rings. The molecule has 0 radical (unpaired) electrons. The van der Waals surface area contributed by atoms with Crippen molar-refractivity contribution < 1.29 is 4.79 Å². The number of nitrogens with one attached hydrogen (secondary N) is 1. The van der Waals surface area contributed by atoms with Gasteiger partial charge in [0.1, 0.15) is 0 Å². The van der Waals surface area contributed by atoms with Crippen molar-refractivity contribution in [2.45, 2.75) is 20.4 Å². The predicted octanol–water partition coefficient (Wildman–Crippen LogP) is 2.88. The number of carbonyl (C=O) groups excluding carboxylic acids is 1. The van der Waals surface area contributed by atoms with Crippen LogP contribution in [-0.4, -0.2) is 5.91 Å². The largest absolute Gasteiger partial charge is 0.398 e. The monoisotopic (exact) mass is 260 g/mol. The van der Waals surface area contributed by atoms with E-state index >= 15 is 0 Å². The molecular weight excluding hydrogens is 244 g/mol. The molecule has 0 bridgehead atoms. The minimum absolute atomic E-state index is 0.125. The van der Waals surface area contributed by atoms with Crippen molar-refractivity contribution in [3.63, 3.8) is 0 Å². The molecule has 0 aliphatic carbocycles. The number of nitrogens with two attached hydrogens (primary N) is 1. The molecule has 0 saturated carbocycles. The summed E-state index contributed by atoms with van der Waals surface area (Å²) >= 11 is 1.65. The van der Waals surface area contributed by atoms with Gasteiger partial charge in [0, 0.05) is 10.6 Å². The van der Waals surface area contributed by atoms with Gasteiger partial charge < -0.3 is 11.1 Å². The number of carbonyl (C=O) groups is 1. The third-order valence-corrected chi connectivity index (χ3v) is 3.85. The van der Waals surface area contributed by atoms with Crippen molar-refractivity contribution in [2.75, 3.05) is 5.73 Å². The third kappa shape index (κ3) is 2.71. The van der Waals surface area contributed by atoms with E-state index in [4.69, 9.17) is 5.73 Å². The minimum Gasteiger partial charge on any atom is -0.398 e. The van der Waals surface area contributed by atoms with E-state index < -0.39 is 0 Å². The highest BCUT2D eigenvalue weighted by molar-refractivity contribution is 7.10. The van der Waals surface area contributed by atoms with E-state index in [1.165, 1.54) is 10.4 Å². The lowest BCUT2D eigenvalue weighted by Gasteiger charge is -2.08. The van der Waals surface area contributed by atoms with Crippen LogP contribution in [0.2, 0.25) is 0 Å². The molecule has 1 heterocycles. The van der Waals surface area contributed by atoms with E-state index in [9.17, 15) is 4.79 Å². The molecule has 1 aromatic heterocycles. The first-order valence-corrected chi connectivity index (χ1v) is 6.63. The zero-order chi connectivity index (χ0) is 13.1. The van der Waals surface area contributed by atoms with Gasteiger partial charge in [-0.15, -0.1) is 11.3 Å². The maximum absolute atomic E-state index is 12.0. The zero-order valence-electron chi connectivity index (χ0n) is 10.5. The first-order chi connectivity index (χ1) is 8.58. The summed E-state index contributed by atoms with van der Waals surface area (Å²) < 4.78 is 0. The Morgan fingerprint density at radius 1 is 1.33 bits per heavy atom. The fourth-order valence-corrected chi connectivity index (χ4v) is 2.58. The molecule has 0 saturated heterocycles. The van der Waals surface area contributed by atoms with E-state index in [1.54, 1.807) is 17.4 Å². The van der Waals surface area contributed by atoms with Crippen LogP contribution in [0.3, 0.4) is 0 Å². The van der Waals surface area contributed by atoms with Gasteiger partial charge in [-0.25, -0.2) is 0 Å². The molecule has 0 atom stereocenters. The summed E-state index contributed by atoms with van der Waals surface area (Å²) in [5, 5.41) is 4.92. The van der Waals surface area contributed by atoms with E-state index in [0.717, 1.165) is 5.56 Å². The molecule has 0 spiro atoms. The van der Waals surface area contributed by atoms with Crippen molar-refractivity contribution in [2.24, 2.45) is 0 Å². The summed E-state index contributed by atoms with van der Waals surface area (Å²) in [5.41, 5.74) is 9.16. The third-order valence-electron chi connectivity index (χ3n) is 2.83. The van der Waals surface area contributed by atoms with E-state index in [-0.39, 0.29) is 5.91 Å². The van der Waals surface area contributed by atoms with Gasteiger partial charge in [-0.05, 0) is 48.6 Å². The van der Waals surface area contributed by atoms with Crippen LogP contribution in [0.25, 0.3) is 0 Å². The van der Waals surface area contributed by atoms with Crippen LogP contribution in [0.1, 0.15) is 26.4 Å². The standard InChI is InChI=1S/C14H16N2OS/c1-9-3-4-11(12(15)7-9)14(17)16-8-13-10(2)5-6-18-13/h3-7H,8,15H2,1-2H3,(H,16,17). The molecule has 2 rings (SSSR count). The number of amides is 1. The van der Waals surface area contributed by atoms with Crippen LogP contribution >= 0.6 is 11.3 Å². The average Bonchev–Trinajstić information content (AvgIpc) is 2.72. The molecule has 1 aromatic carbocycles. The smallest absolute Gasteiger partial charge is 0.253 e. The Morgan fingerprint density at radius 2 is 2.11 bits per heavy atom. The highest BCUT2D eigenvalue weighted by Crippen LogP contribution is 2.16. The molecule has 2 aromatic rings. The van der Waals surface area contributed by atoms with Crippen molar-refractivity contribution >= 4 is 22.9 Å². The molecule has 0 unspecified atom stereocenters. The lowest BCUT2D eigenvalue weighted by molar-refractivity contribution is 0.0952. The molecule has 3 nitrogen and oxygen atoms in total. The number of hydrogen-bond acceptors (Lipinski definition) is 3. The van der Waals surface area contributed by atoms with Gasteiger partial charge in [-0.3, -0.25) is 4.79 Å². The zero-order valence-corrected chi connectivity index (χ0v) is 11.3. The maximum Gasteiger partial charge on any atom is 0.253 e. The Bertz CT molecular complexity index is 575. The lowest BCUT2D eigenvalue weighted by Crippen LogP contribution is -2.23. The average molecular weight is 260 g/mol. The first-order valence-electron chi connectivity index (χ1n) is 5.75. The van der Waals surface area contributed by atoms with E-state index in [2.05, 4.69) is 5.32 Å². The van der Waals surface area contributed by atoms with Gasteiger partial charge in [-0.1, -0.05) is 6.07 Å². The highest BCUT2D eigenvalue weighted by atomic mass is 32.1. The summed E-state index contributed by atoms with van der Waals surface area (Å²) in [6.45, 7) is 4.54. The topological polar surface area (TPSA) is 55.1 Å². The Morgan fingerprint density at radius 3 is 2.72 bits per heavy atom. The van der Waals surface area contributed by atoms with Gasteiger partial charge in [0.05, 0.1) is 12.1 Å². The highest BCUT2D eigenvalue weighted by Gasteiger charge is 2.10. The summed E-state index contributed by atoms with van der Waals surface area (Å²) in [7, 11) is 0. The molecule has 0 aliphatic rings. The van der Waals surface area contributed by atoms with Gasteiger partial charge in [0.25, 0.3) is 5.91 Å². The van der Waals surface area contributed by atoms with E-state index in [1.807, 2.05) is 37.4 Å². The molecule has 4 heteroatoms. The Labute approximate surface area is 111 Å². The summed E-state index contributed by atoms with van der Waals surface area (Å²) in [5.74, 6) is -0.125. The van der Waals surface area contributed by atoms with Gasteiger partial charge in [-0.2, -0.15) is 0 Å². The van der Waals surface area contributed by atoms with Crippen LogP contribution in [0.15, 0.2) is 29.6 Å². The molecule has 1 amide bonds. The van der Waals surface area contributed by atoms with Crippen LogP contribution in [0.5, 0.6) is 0 Å². The fourth-order valence-electron chi connectivity index (χ4n) is 1.73. The molecule has 18 heavy (non-hydrogen) atoms. The Balaban J connectivity index is 2.06. The minimum atomic E-state index is -0.125. The number of nitrogen functional groups attached to an aromatic ring is 1. The lowest BCUT2D eigenvalue weighted by atomic mass is 10.1. The predicted molar refractivity (Wildman–Crippen MR) is 75.8 cm³/mol. The summed E-state index contributed by atoms with van der Waals surface area (Å²) in [4.78, 5) is 13.2.